The third-order valence-electron chi connectivity index (χ3n) is 2.88. The lowest BCUT2D eigenvalue weighted by molar-refractivity contribution is 0.586. The summed E-state index contributed by atoms with van der Waals surface area (Å²) >= 11 is 0. The molecule has 0 heterocycles. The van der Waals surface area contributed by atoms with E-state index >= 15 is 0 Å². The van der Waals surface area contributed by atoms with Crippen molar-refractivity contribution >= 4 is 0 Å². The van der Waals surface area contributed by atoms with Crippen molar-refractivity contribution in [1.82, 2.24) is 0 Å². The van der Waals surface area contributed by atoms with Crippen molar-refractivity contribution in [3.63, 3.8) is 0 Å². The van der Waals surface area contributed by atoms with Crippen LogP contribution in [-0.4, -0.2) is 0 Å². The fraction of sp³-hybridized carbons (Fsp3) is 0.571. The summed E-state index contributed by atoms with van der Waals surface area (Å²) in [4.78, 5) is 0. The van der Waals surface area contributed by atoms with Crippen molar-refractivity contribution < 1.29 is 0 Å². The number of hydrogen-bond acceptors (Lipinski definition) is 0. The van der Waals surface area contributed by atoms with Crippen molar-refractivity contribution in [2.75, 3.05) is 0 Å². The summed E-state index contributed by atoms with van der Waals surface area (Å²) in [5.41, 5.74) is 1.35. The standard InChI is InChI=1S/C14H17/c1-2-5-9-13(10-6-3-1)14-11-7-4-8-12-14/h7,11,13H,1-5,8-9H2. The molecule has 0 saturated carbocycles. The summed E-state index contributed by atoms with van der Waals surface area (Å²) in [5.74, 6) is 7.16. The quantitative estimate of drug-likeness (QED) is 0.547. The Hall–Kier alpha value is -0.960. The van der Waals surface area contributed by atoms with Crippen LogP contribution < -0.4 is 0 Å². The molecule has 14 heavy (non-hydrogen) atoms. The highest BCUT2D eigenvalue weighted by molar-refractivity contribution is 5.29. The van der Waals surface area contributed by atoms with Gasteiger partial charge < -0.3 is 0 Å². The first-order chi connectivity index (χ1) is 6.97. The molecule has 2 aliphatic carbocycles. The largest absolute Gasteiger partial charge is 0.103 e. The second kappa shape index (κ2) is 5.05. The van der Waals surface area contributed by atoms with E-state index in [1.54, 1.807) is 0 Å². The lowest BCUT2D eigenvalue weighted by atomic mass is 9.88. The molecule has 73 valence electrons. The second-order valence-electron chi connectivity index (χ2n) is 4.05. The molecule has 0 aromatic carbocycles. The molecule has 1 atom stereocenters. The fourth-order valence-electron chi connectivity index (χ4n) is 2.05. The van der Waals surface area contributed by atoms with Gasteiger partial charge in [0.05, 0.1) is 0 Å². The molecule has 2 rings (SSSR count). The summed E-state index contributed by atoms with van der Waals surface area (Å²) in [7, 11) is 0. The molecule has 0 spiro atoms. The predicted molar refractivity (Wildman–Crippen MR) is 59.5 cm³/mol. The van der Waals surface area contributed by atoms with Crippen LogP contribution in [0.5, 0.6) is 0 Å². The third kappa shape index (κ3) is 2.51. The van der Waals surface area contributed by atoms with E-state index in [1.807, 2.05) is 0 Å². The Kier molecular flexibility index (Phi) is 3.46. The lowest BCUT2D eigenvalue weighted by Gasteiger charge is -2.15. The van der Waals surface area contributed by atoms with E-state index in [2.05, 4.69) is 30.1 Å². The molecule has 2 aliphatic rings. The van der Waals surface area contributed by atoms with Gasteiger partial charge in [-0.2, -0.15) is 0 Å². The highest BCUT2D eigenvalue weighted by Crippen LogP contribution is 2.24. The van der Waals surface area contributed by atoms with Gasteiger partial charge in [0.2, 0.25) is 0 Å². The highest BCUT2D eigenvalue weighted by Gasteiger charge is 2.11. The maximum Gasteiger partial charge on any atom is 0.0455 e. The Morgan fingerprint density at radius 2 is 2.14 bits per heavy atom. The average Bonchev–Trinajstić information content (AvgIpc) is 2.18. The topological polar surface area (TPSA) is 0 Å². The van der Waals surface area contributed by atoms with Crippen LogP contribution in [0.25, 0.3) is 0 Å². The maximum absolute atomic E-state index is 3.46. The van der Waals surface area contributed by atoms with E-state index < -0.39 is 0 Å². The van der Waals surface area contributed by atoms with Crippen molar-refractivity contribution in [2.24, 2.45) is 5.92 Å². The van der Waals surface area contributed by atoms with Gasteiger partial charge in [-0.3, -0.25) is 0 Å². The molecule has 1 radical (unpaired) electrons. The number of rotatable bonds is 1. The van der Waals surface area contributed by atoms with E-state index in [-0.39, 0.29) is 0 Å². The molecule has 1 unspecified atom stereocenters. The molecule has 0 heteroatoms. The van der Waals surface area contributed by atoms with Gasteiger partial charge in [0.1, 0.15) is 0 Å². The first-order valence-corrected chi connectivity index (χ1v) is 5.72. The van der Waals surface area contributed by atoms with Crippen LogP contribution in [0.4, 0.5) is 0 Å². The second-order valence-corrected chi connectivity index (χ2v) is 4.05. The Bertz CT molecular complexity index is 296. The Labute approximate surface area is 87.1 Å². The summed E-state index contributed by atoms with van der Waals surface area (Å²) in [6.07, 6.45) is 16.5. The van der Waals surface area contributed by atoms with Crippen molar-refractivity contribution in [2.45, 2.75) is 44.9 Å². The molecular weight excluding hydrogens is 168 g/mol. The molecule has 0 aromatic heterocycles. The maximum atomic E-state index is 3.46. The van der Waals surface area contributed by atoms with Gasteiger partial charge in [-0.15, -0.1) is 5.92 Å². The van der Waals surface area contributed by atoms with Gasteiger partial charge in [-0.25, -0.2) is 0 Å². The van der Waals surface area contributed by atoms with E-state index in [0.717, 1.165) is 19.3 Å². The predicted octanol–water partition coefficient (Wildman–Crippen LogP) is 3.65. The van der Waals surface area contributed by atoms with E-state index in [9.17, 15) is 0 Å². The summed E-state index contributed by atoms with van der Waals surface area (Å²) < 4.78 is 0. The van der Waals surface area contributed by atoms with Crippen molar-refractivity contribution in [3.8, 4) is 11.8 Å². The molecule has 0 N–H and O–H groups in total. The lowest BCUT2D eigenvalue weighted by Crippen LogP contribution is -2.03. The molecule has 0 fully saturated rings. The van der Waals surface area contributed by atoms with Crippen LogP contribution in [0.2, 0.25) is 0 Å². The monoisotopic (exact) mass is 185 g/mol. The number of allylic oxidation sites excluding steroid dienone is 4. The van der Waals surface area contributed by atoms with E-state index in [1.165, 1.54) is 31.3 Å². The minimum atomic E-state index is 0.479. The first-order valence-electron chi connectivity index (χ1n) is 5.72. The van der Waals surface area contributed by atoms with Crippen molar-refractivity contribution in [1.29, 1.82) is 0 Å². The summed E-state index contributed by atoms with van der Waals surface area (Å²) in [5, 5.41) is 0. The molecule has 0 aromatic rings. The van der Waals surface area contributed by atoms with Crippen LogP contribution >= 0.6 is 0 Å². The highest BCUT2D eigenvalue weighted by atomic mass is 14.1. The smallest absolute Gasteiger partial charge is 0.0455 e. The van der Waals surface area contributed by atoms with Gasteiger partial charge in [0.25, 0.3) is 0 Å². The van der Waals surface area contributed by atoms with E-state index in [0.29, 0.717) is 5.92 Å². The van der Waals surface area contributed by atoms with Gasteiger partial charge in [-0.1, -0.05) is 30.9 Å². The molecule has 0 aliphatic heterocycles. The van der Waals surface area contributed by atoms with Gasteiger partial charge in [0, 0.05) is 12.3 Å². The summed E-state index contributed by atoms with van der Waals surface area (Å²) in [6, 6.07) is 0. The Morgan fingerprint density at radius 3 is 3.00 bits per heavy atom. The number of hydrogen-bond donors (Lipinski definition) is 0. The minimum absolute atomic E-state index is 0.479. The average molecular weight is 185 g/mol. The molecule has 0 nitrogen and oxygen atoms in total. The summed E-state index contributed by atoms with van der Waals surface area (Å²) in [6.45, 7) is 0. The zero-order chi connectivity index (χ0) is 9.64. The van der Waals surface area contributed by atoms with Crippen LogP contribution in [-0.2, 0) is 0 Å². The normalized spacial score (nSPS) is 26.9. The molecule has 0 amide bonds. The molecular formula is C14H17. The van der Waals surface area contributed by atoms with Crippen molar-refractivity contribution in [3.05, 3.63) is 23.8 Å². The Balaban J connectivity index is 2.06. The zero-order valence-electron chi connectivity index (χ0n) is 8.68. The SMILES string of the molecule is [C]1=C(C2C#CCCCCC2)C=CCC1. The van der Waals surface area contributed by atoms with Crippen LogP contribution in [0, 0.1) is 23.8 Å². The van der Waals surface area contributed by atoms with Gasteiger partial charge in [0.15, 0.2) is 0 Å². The minimum Gasteiger partial charge on any atom is -0.103 e. The third-order valence-corrected chi connectivity index (χ3v) is 2.88. The van der Waals surface area contributed by atoms with E-state index in [4.69, 9.17) is 0 Å². The Morgan fingerprint density at radius 1 is 1.14 bits per heavy atom. The van der Waals surface area contributed by atoms with Gasteiger partial charge >= 0.3 is 0 Å². The fourth-order valence-corrected chi connectivity index (χ4v) is 2.05. The van der Waals surface area contributed by atoms with Crippen LogP contribution in [0.15, 0.2) is 17.7 Å². The van der Waals surface area contributed by atoms with Gasteiger partial charge in [-0.05, 0) is 37.3 Å². The zero-order valence-corrected chi connectivity index (χ0v) is 8.68. The van der Waals surface area contributed by atoms with Crippen LogP contribution in [0.3, 0.4) is 0 Å². The van der Waals surface area contributed by atoms with Crippen LogP contribution in [0.1, 0.15) is 44.9 Å². The molecule has 0 saturated heterocycles. The molecule has 0 bridgehead atoms. The first kappa shape index (κ1) is 9.59.